The topological polar surface area (TPSA) is 39.7 Å². The summed E-state index contributed by atoms with van der Waals surface area (Å²) < 4.78 is 13.7. The molecule has 0 saturated carbocycles. The summed E-state index contributed by atoms with van der Waals surface area (Å²) in [6, 6.07) is 16.0. The normalized spacial score (nSPS) is 10.2. The van der Waals surface area contributed by atoms with E-state index in [1.54, 1.807) is 18.2 Å². The Labute approximate surface area is 133 Å². The summed E-state index contributed by atoms with van der Waals surface area (Å²) in [5.74, 6) is -0.284. The molecular weight excluding hydrogens is 310 g/mol. The van der Waals surface area contributed by atoms with Gasteiger partial charge in [-0.05, 0) is 30.3 Å². The number of anilines is 2. The van der Waals surface area contributed by atoms with Crippen molar-refractivity contribution in [1.82, 2.24) is 0 Å². The maximum atomic E-state index is 13.7. The van der Waals surface area contributed by atoms with Gasteiger partial charge < -0.3 is 23.5 Å². The molecule has 3 rings (SSSR count). The van der Waals surface area contributed by atoms with Gasteiger partial charge in [-0.15, -0.1) is 0 Å². The minimum atomic E-state index is -0.284. The van der Waals surface area contributed by atoms with E-state index in [1.165, 1.54) is 6.07 Å². The maximum Gasteiger partial charge on any atom is 0.146 e. The first kappa shape index (κ1) is 15.6. The average Bonchev–Trinajstić information content (AvgIpc) is 2.44. The molecule has 2 nitrogen and oxygen atoms in total. The molecular formula is C16H13Cl2FN2. The van der Waals surface area contributed by atoms with Gasteiger partial charge in [0.25, 0.3) is 0 Å². The van der Waals surface area contributed by atoms with E-state index in [9.17, 15) is 4.39 Å². The van der Waals surface area contributed by atoms with Gasteiger partial charge in [0, 0.05) is 27.5 Å². The summed E-state index contributed by atoms with van der Waals surface area (Å²) in [5.41, 5.74) is 6.16. The number of halogens is 3. The summed E-state index contributed by atoms with van der Waals surface area (Å²) >= 11 is 6.02. The maximum absolute atomic E-state index is 13.7. The summed E-state index contributed by atoms with van der Waals surface area (Å²) in [6.45, 7) is 0. The molecule has 0 amide bonds. The van der Waals surface area contributed by atoms with Crippen molar-refractivity contribution in [1.29, 1.82) is 0 Å². The second kappa shape index (κ2) is 6.31. The quantitative estimate of drug-likeness (QED) is 0.732. The molecule has 0 unspecified atom stereocenters. The molecule has 0 heterocycles. The summed E-state index contributed by atoms with van der Waals surface area (Å²) in [7, 11) is 0. The number of quaternary nitrogens is 1. The van der Waals surface area contributed by atoms with Crippen molar-refractivity contribution >= 4 is 39.4 Å². The van der Waals surface area contributed by atoms with Gasteiger partial charge >= 0.3 is 0 Å². The molecule has 5 heteroatoms. The monoisotopic (exact) mass is 322 g/mol. The molecule has 0 saturated heterocycles. The third-order valence-electron chi connectivity index (χ3n) is 3.21. The van der Waals surface area contributed by atoms with Gasteiger partial charge in [0.05, 0.1) is 5.69 Å². The lowest BCUT2D eigenvalue weighted by molar-refractivity contribution is -0.252. The molecule has 0 aliphatic carbocycles. The zero-order valence-corrected chi connectivity index (χ0v) is 12.5. The number of hydrogen-bond acceptors (Lipinski definition) is 1. The highest BCUT2D eigenvalue weighted by Gasteiger charge is 2.08. The molecule has 108 valence electrons. The lowest BCUT2D eigenvalue weighted by atomic mass is 10.1. The molecule has 3 aromatic carbocycles. The lowest BCUT2D eigenvalue weighted by Gasteiger charge is -2.11. The van der Waals surface area contributed by atoms with E-state index >= 15 is 0 Å². The van der Waals surface area contributed by atoms with Crippen LogP contribution in [0, 0.1) is 5.82 Å². The van der Waals surface area contributed by atoms with Gasteiger partial charge in [0.15, 0.2) is 0 Å². The van der Waals surface area contributed by atoms with Crippen molar-refractivity contribution in [3.8, 4) is 0 Å². The second-order valence-electron chi connectivity index (χ2n) is 4.57. The Kier molecular flexibility index (Phi) is 4.68. The second-order valence-corrected chi connectivity index (χ2v) is 5.00. The highest BCUT2D eigenvalue weighted by atomic mass is 35.5. The van der Waals surface area contributed by atoms with Crippen LogP contribution in [0.3, 0.4) is 0 Å². The highest BCUT2D eigenvalue weighted by Crippen LogP contribution is 2.32. The standard InChI is InChI=1S/C16H12ClFN2.ClH/c17-10-5-6-11-12(9-10)14(19)7-8-15(11)20-16-4-2-1-3-13(16)18;/h1-9,20H,19H2;1H. The molecule has 0 radical (unpaired) electrons. The van der Waals surface area contributed by atoms with Crippen molar-refractivity contribution < 1.29 is 22.5 Å². The van der Waals surface area contributed by atoms with Crippen LogP contribution >= 0.6 is 11.6 Å². The summed E-state index contributed by atoms with van der Waals surface area (Å²) in [4.78, 5) is 0. The van der Waals surface area contributed by atoms with Crippen LogP contribution in [0.15, 0.2) is 54.6 Å². The fourth-order valence-corrected chi connectivity index (χ4v) is 2.37. The molecule has 0 aliphatic heterocycles. The zero-order chi connectivity index (χ0) is 14.1. The molecule has 0 spiro atoms. The minimum absolute atomic E-state index is 0. The number of para-hydroxylation sites is 1. The smallest absolute Gasteiger partial charge is 0.146 e. The highest BCUT2D eigenvalue weighted by molar-refractivity contribution is 6.31. The first-order valence-corrected chi connectivity index (χ1v) is 6.59. The zero-order valence-electron chi connectivity index (χ0n) is 11.0. The van der Waals surface area contributed by atoms with Gasteiger partial charge in [-0.25, -0.2) is 4.39 Å². The summed E-state index contributed by atoms with van der Waals surface area (Å²) in [6.07, 6.45) is 0. The van der Waals surface area contributed by atoms with Gasteiger partial charge in [-0.1, -0.05) is 29.8 Å². The predicted molar refractivity (Wildman–Crippen MR) is 81.2 cm³/mol. The molecule has 0 atom stereocenters. The third kappa shape index (κ3) is 3.10. The fourth-order valence-electron chi connectivity index (χ4n) is 2.20. The van der Waals surface area contributed by atoms with Gasteiger partial charge in [-0.3, -0.25) is 0 Å². The van der Waals surface area contributed by atoms with Crippen LogP contribution in [-0.4, -0.2) is 0 Å². The van der Waals surface area contributed by atoms with Crippen molar-refractivity contribution in [3.63, 3.8) is 0 Å². The van der Waals surface area contributed by atoms with Gasteiger partial charge in [-0.2, -0.15) is 0 Å². The van der Waals surface area contributed by atoms with Crippen molar-refractivity contribution in [2.24, 2.45) is 0 Å². The minimum Gasteiger partial charge on any atom is -1.00 e. The Hall–Kier alpha value is -1.81. The van der Waals surface area contributed by atoms with E-state index in [0.717, 1.165) is 22.1 Å². The Morgan fingerprint density at radius 3 is 2.43 bits per heavy atom. The van der Waals surface area contributed by atoms with Gasteiger partial charge in [0.1, 0.15) is 11.5 Å². The van der Waals surface area contributed by atoms with Crippen LogP contribution in [-0.2, 0) is 0 Å². The average molecular weight is 323 g/mol. The first-order chi connectivity index (χ1) is 9.65. The molecule has 0 bridgehead atoms. The fraction of sp³-hybridized carbons (Fsp3) is 0. The number of rotatable bonds is 2. The molecule has 3 aromatic rings. The first-order valence-electron chi connectivity index (χ1n) is 6.21. The Morgan fingerprint density at radius 1 is 0.905 bits per heavy atom. The number of benzene rings is 3. The third-order valence-corrected chi connectivity index (χ3v) is 3.45. The van der Waals surface area contributed by atoms with E-state index in [0.29, 0.717) is 10.7 Å². The van der Waals surface area contributed by atoms with E-state index in [4.69, 9.17) is 11.6 Å². The largest absolute Gasteiger partial charge is 1.00 e. The van der Waals surface area contributed by atoms with Crippen LogP contribution < -0.4 is 23.5 Å². The van der Waals surface area contributed by atoms with Crippen LogP contribution in [0.4, 0.5) is 21.5 Å². The molecule has 0 aliphatic rings. The summed E-state index contributed by atoms with van der Waals surface area (Å²) in [5, 5.41) is 5.69. The van der Waals surface area contributed by atoms with E-state index in [1.807, 2.05) is 30.3 Å². The molecule has 4 N–H and O–H groups in total. The van der Waals surface area contributed by atoms with Crippen molar-refractivity contribution in [3.05, 3.63) is 65.4 Å². The molecule has 0 aromatic heterocycles. The lowest BCUT2D eigenvalue weighted by Crippen LogP contribution is -3.00. The Bertz CT molecular complexity index is 790. The molecule has 21 heavy (non-hydrogen) atoms. The van der Waals surface area contributed by atoms with Crippen LogP contribution in [0.1, 0.15) is 0 Å². The van der Waals surface area contributed by atoms with Crippen LogP contribution in [0.5, 0.6) is 0 Å². The Balaban J connectivity index is 0.00000161. The predicted octanol–water partition coefficient (Wildman–Crippen LogP) is 1.25. The van der Waals surface area contributed by atoms with Crippen molar-refractivity contribution in [2.45, 2.75) is 0 Å². The number of hydrogen-bond donors (Lipinski definition) is 2. The molecule has 0 fully saturated rings. The van der Waals surface area contributed by atoms with Crippen LogP contribution in [0.25, 0.3) is 10.8 Å². The Morgan fingerprint density at radius 2 is 1.67 bits per heavy atom. The van der Waals surface area contributed by atoms with E-state index in [-0.39, 0.29) is 18.2 Å². The van der Waals surface area contributed by atoms with Crippen LogP contribution in [0.2, 0.25) is 5.02 Å². The number of fused-ring (bicyclic) bond motifs is 1. The van der Waals surface area contributed by atoms with E-state index < -0.39 is 0 Å². The number of nitrogens with one attached hydrogen (secondary N) is 1. The van der Waals surface area contributed by atoms with Crippen molar-refractivity contribution in [2.75, 3.05) is 5.32 Å². The van der Waals surface area contributed by atoms with Gasteiger partial charge in [0.2, 0.25) is 0 Å². The SMILES string of the molecule is [Cl-].[NH3+]c1ccc(Nc2ccccc2F)c2ccc(Cl)cc12. The van der Waals surface area contributed by atoms with E-state index in [2.05, 4.69) is 11.1 Å².